The Morgan fingerprint density at radius 1 is 1.00 bits per heavy atom. The molecule has 6 nitrogen and oxygen atoms in total. The number of hydrogen-bond donors (Lipinski definition) is 1. The minimum atomic E-state index is -0.824. The topological polar surface area (TPSA) is 83.9 Å². The standard InChI is InChI=1S/C20H15NO5/c22-18(15-9-5-11-26-15)16-17(14-8-4-10-25-14)21(20(24)19(16)23)12-13-6-2-1-3-7-13/h1-11,17,23H,12H2/t17-/m1/s1. The van der Waals surface area contributed by atoms with Gasteiger partial charge in [-0.3, -0.25) is 9.59 Å². The van der Waals surface area contributed by atoms with Crippen molar-refractivity contribution in [3.63, 3.8) is 0 Å². The predicted molar refractivity (Wildman–Crippen MR) is 91.1 cm³/mol. The summed E-state index contributed by atoms with van der Waals surface area (Å²) in [6, 6.07) is 14.9. The minimum Gasteiger partial charge on any atom is -0.503 e. The second-order valence-electron chi connectivity index (χ2n) is 5.91. The van der Waals surface area contributed by atoms with E-state index in [-0.39, 0.29) is 17.9 Å². The van der Waals surface area contributed by atoms with E-state index < -0.39 is 23.5 Å². The molecule has 3 aromatic rings. The lowest BCUT2D eigenvalue weighted by Gasteiger charge is -2.24. The van der Waals surface area contributed by atoms with Crippen molar-refractivity contribution in [2.45, 2.75) is 12.6 Å². The van der Waals surface area contributed by atoms with E-state index in [2.05, 4.69) is 0 Å². The Morgan fingerprint density at radius 3 is 2.38 bits per heavy atom. The largest absolute Gasteiger partial charge is 0.503 e. The third kappa shape index (κ3) is 2.61. The Balaban J connectivity index is 1.77. The number of ketones is 1. The molecule has 1 amide bonds. The fraction of sp³-hybridized carbons (Fsp3) is 0.100. The van der Waals surface area contributed by atoms with Gasteiger partial charge >= 0.3 is 0 Å². The van der Waals surface area contributed by atoms with E-state index in [0.717, 1.165) is 5.56 Å². The molecule has 0 saturated heterocycles. The zero-order valence-electron chi connectivity index (χ0n) is 13.7. The summed E-state index contributed by atoms with van der Waals surface area (Å²) >= 11 is 0. The van der Waals surface area contributed by atoms with E-state index in [9.17, 15) is 14.7 Å². The Bertz CT molecular complexity index is 955. The number of aliphatic hydroxyl groups excluding tert-OH is 1. The van der Waals surface area contributed by atoms with Gasteiger partial charge in [0.15, 0.2) is 11.5 Å². The molecule has 3 heterocycles. The van der Waals surface area contributed by atoms with Crippen molar-refractivity contribution in [2.75, 3.05) is 0 Å². The third-order valence-corrected chi connectivity index (χ3v) is 4.30. The van der Waals surface area contributed by atoms with Gasteiger partial charge in [0.25, 0.3) is 5.91 Å². The highest BCUT2D eigenvalue weighted by atomic mass is 16.3. The molecule has 0 saturated carbocycles. The molecule has 4 rings (SSSR count). The molecule has 1 N–H and O–H groups in total. The first-order valence-electron chi connectivity index (χ1n) is 8.06. The number of carbonyl (C=O) groups excluding carboxylic acids is 2. The molecule has 0 aliphatic carbocycles. The van der Waals surface area contributed by atoms with Crippen LogP contribution in [0.2, 0.25) is 0 Å². The van der Waals surface area contributed by atoms with Crippen molar-refractivity contribution in [1.82, 2.24) is 4.90 Å². The molecule has 0 unspecified atom stereocenters. The van der Waals surface area contributed by atoms with Gasteiger partial charge in [0.05, 0.1) is 18.1 Å². The van der Waals surface area contributed by atoms with Gasteiger partial charge in [0.2, 0.25) is 5.78 Å². The zero-order chi connectivity index (χ0) is 18.1. The zero-order valence-corrected chi connectivity index (χ0v) is 13.7. The first kappa shape index (κ1) is 16.0. The smallest absolute Gasteiger partial charge is 0.290 e. The minimum absolute atomic E-state index is 0.0455. The monoisotopic (exact) mass is 349 g/mol. The van der Waals surface area contributed by atoms with Crippen LogP contribution >= 0.6 is 0 Å². The molecular weight excluding hydrogens is 334 g/mol. The summed E-state index contributed by atoms with van der Waals surface area (Å²) in [6.45, 7) is 0.226. The number of aliphatic hydroxyl groups is 1. The fourth-order valence-electron chi connectivity index (χ4n) is 3.11. The molecule has 130 valence electrons. The quantitative estimate of drug-likeness (QED) is 0.711. The van der Waals surface area contributed by atoms with Gasteiger partial charge < -0.3 is 18.8 Å². The average molecular weight is 349 g/mol. The highest BCUT2D eigenvalue weighted by Gasteiger charge is 2.45. The molecule has 6 heteroatoms. The average Bonchev–Trinajstić information content (AvgIpc) is 3.40. The van der Waals surface area contributed by atoms with Crippen molar-refractivity contribution in [3.8, 4) is 0 Å². The summed E-state index contributed by atoms with van der Waals surface area (Å²) in [5.74, 6) is -1.29. The van der Waals surface area contributed by atoms with E-state index in [1.54, 1.807) is 18.2 Å². The summed E-state index contributed by atoms with van der Waals surface area (Å²) in [4.78, 5) is 26.9. The highest BCUT2D eigenvalue weighted by molar-refractivity contribution is 6.14. The van der Waals surface area contributed by atoms with Gasteiger partial charge in [-0.1, -0.05) is 30.3 Å². The van der Waals surface area contributed by atoms with E-state index in [0.29, 0.717) is 5.76 Å². The SMILES string of the molecule is O=C(C1=C(O)C(=O)N(Cc2ccccc2)[C@@H]1c1ccco1)c1ccco1. The van der Waals surface area contributed by atoms with Gasteiger partial charge in [-0.2, -0.15) is 0 Å². The van der Waals surface area contributed by atoms with Gasteiger partial charge in [-0.15, -0.1) is 0 Å². The van der Waals surface area contributed by atoms with E-state index in [4.69, 9.17) is 8.83 Å². The first-order valence-corrected chi connectivity index (χ1v) is 8.06. The van der Waals surface area contributed by atoms with E-state index in [1.807, 2.05) is 30.3 Å². The summed E-state index contributed by atoms with van der Waals surface area (Å²) in [5.41, 5.74) is 0.827. The van der Waals surface area contributed by atoms with Gasteiger partial charge in [0.1, 0.15) is 11.8 Å². The maximum absolute atomic E-state index is 12.8. The molecular formula is C20H15NO5. The lowest BCUT2D eigenvalue weighted by Crippen LogP contribution is -2.30. The molecule has 0 bridgehead atoms. The number of amides is 1. The Hall–Kier alpha value is -3.54. The number of Topliss-reactive ketones (excluding diaryl/α,β-unsaturated/α-hetero) is 1. The summed E-state index contributed by atoms with van der Waals surface area (Å²) in [7, 11) is 0. The Kier molecular flexibility index (Phi) is 3.93. The number of benzene rings is 1. The van der Waals surface area contributed by atoms with Crippen molar-refractivity contribution in [1.29, 1.82) is 0 Å². The van der Waals surface area contributed by atoms with Crippen LogP contribution in [0.15, 0.2) is 87.3 Å². The molecule has 26 heavy (non-hydrogen) atoms. The number of rotatable bonds is 5. The molecule has 1 aliphatic rings. The van der Waals surface area contributed by atoms with Crippen LogP contribution in [-0.2, 0) is 11.3 Å². The van der Waals surface area contributed by atoms with Gasteiger partial charge in [0, 0.05) is 6.54 Å². The van der Waals surface area contributed by atoms with Crippen LogP contribution in [0.3, 0.4) is 0 Å². The summed E-state index contributed by atoms with van der Waals surface area (Å²) in [6.07, 6.45) is 2.83. The summed E-state index contributed by atoms with van der Waals surface area (Å²) < 4.78 is 10.6. The van der Waals surface area contributed by atoms with E-state index >= 15 is 0 Å². The lowest BCUT2D eigenvalue weighted by atomic mass is 9.99. The van der Waals surface area contributed by atoms with Crippen molar-refractivity contribution in [3.05, 3.63) is 95.5 Å². The molecule has 0 spiro atoms. The molecule has 1 aromatic carbocycles. The van der Waals surface area contributed by atoms with Crippen LogP contribution in [0.25, 0.3) is 0 Å². The Morgan fingerprint density at radius 2 is 1.73 bits per heavy atom. The van der Waals surface area contributed by atoms with Crippen molar-refractivity contribution in [2.24, 2.45) is 0 Å². The number of furan rings is 2. The summed E-state index contributed by atoms with van der Waals surface area (Å²) in [5, 5.41) is 10.4. The molecule has 0 fully saturated rings. The molecule has 1 aliphatic heterocycles. The normalized spacial score (nSPS) is 17.2. The number of nitrogens with zero attached hydrogens (tertiary/aromatic N) is 1. The van der Waals surface area contributed by atoms with Crippen LogP contribution in [0.5, 0.6) is 0 Å². The van der Waals surface area contributed by atoms with Gasteiger partial charge in [-0.05, 0) is 29.8 Å². The number of carbonyl (C=O) groups is 2. The third-order valence-electron chi connectivity index (χ3n) is 4.30. The maximum atomic E-state index is 12.8. The van der Waals surface area contributed by atoms with E-state index in [1.165, 1.54) is 23.5 Å². The fourth-order valence-corrected chi connectivity index (χ4v) is 3.11. The first-order chi connectivity index (χ1) is 12.7. The van der Waals surface area contributed by atoms with Crippen LogP contribution in [0.4, 0.5) is 0 Å². The second-order valence-corrected chi connectivity index (χ2v) is 5.91. The van der Waals surface area contributed by atoms with Crippen molar-refractivity contribution < 1.29 is 23.5 Å². The highest BCUT2D eigenvalue weighted by Crippen LogP contribution is 2.40. The van der Waals surface area contributed by atoms with Crippen LogP contribution in [-0.4, -0.2) is 21.7 Å². The maximum Gasteiger partial charge on any atom is 0.290 e. The number of hydrogen-bond acceptors (Lipinski definition) is 5. The molecule has 0 radical (unpaired) electrons. The second kappa shape index (κ2) is 6.40. The molecule has 1 atom stereocenters. The molecule has 2 aromatic heterocycles. The van der Waals surface area contributed by atoms with Crippen LogP contribution < -0.4 is 0 Å². The Labute approximate surface area is 149 Å². The van der Waals surface area contributed by atoms with Gasteiger partial charge in [-0.25, -0.2) is 0 Å². The van der Waals surface area contributed by atoms with Crippen molar-refractivity contribution >= 4 is 11.7 Å². The predicted octanol–water partition coefficient (Wildman–Crippen LogP) is 3.65. The lowest BCUT2D eigenvalue weighted by molar-refractivity contribution is -0.130. The van der Waals surface area contributed by atoms with Crippen LogP contribution in [0.1, 0.15) is 27.9 Å². The van der Waals surface area contributed by atoms with Crippen LogP contribution in [0, 0.1) is 0 Å².